The first-order chi connectivity index (χ1) is 3.15. The molecule has 0 amide bonds. The largest absolute Gasteiger partial charge is 1.00 e. The maximum absolute atomic E-state index is 8.56. The number of hydrogen-bond acceptors (Lipinski definition) is 1. The van der Waals surface area contributed by atoms with Gasteiger partial charge < -0.3 is 21.3 Å². The van der Waals surface area contributed by atoms with Gasteiger partial charge in [0.15, 0.2) is 0 Å². The molecule has 0 saturated carbocycles. The van der Waals surface area contributed by atoms with E-state index in [2.05, 4.69) is 0 Å². The van der Waals surface area contributed by atoms with Crippen LogP contribution in [0.1, 0.15) is 0 Å². The number of carboxylic acid groups (broad SMARTS) is 2. The minimum Gasteiger partial charge on any atom is -0.450 e. The molecule has 0 saturated heterocycles. The van der Waals surface area contributed by atoms with Crippen LogP contribution in [-0.2, 0) is 0 Å². The standard InChI is InChI=1S/CH2O3.N3.2Na/c2-1(3)4;1-3-2;;/h(H2,2,3,4);;;/q;-1;2*+1. The van der Waals surface area contributed by atoms with E-state index in [-0.39, 0.29) is 59.1 Å². The first kappa shape index (κ1) is 22.7. The van der Waals surface area contributed by atoms with Crippen molar-refractivity contribution < 1.29 is 74.1 Å². The Hall–Kier alpha value is 0.580. The summed E-state index contributed by atoms with van der Waals surface area (Å²) in [6.45, 7) is 0. The van der Waals surface area contributed by atoms with Crippen molar-refractivity contribution in [1.29, 1.82) is 0 Å². The fourth-order valence-electron chi connectivity index (χ4n) is 0. The Morgan fingerprint density at radius 1 is 1.22 bits per heavy atom. The molecule has 0 spiro atoms. The predicted molar refractivity (Wildman–Crippen MR) is 20.7 cm³/mol. The Labute approximate surface area is 95.2 Å². The smallest absolute Gasteiger partial charge is 0.450 e. The molecule has 0 aromatic rings. The summed E-state index contributed by atoms with van der Waals surface area (Å²) in [5.41, 5.74) is 13.5. The average molecular weight is 150 g/mol. The third-order valence-electron chi connectivity index (χ3n) is 0. The fourth-order valence-corrected chi connectivity index (χ4v) is 0. The van der Waals surface area contributed by atoms with Crippen LogP contribution in [0.25, 0.3) is 16.0 Å². The fraction of sp³-hybridized carbons (Fsp3) is 0. The van der Waals surface area contributed by atoms with Crippen molar-refractivity contribution in [2.24, 2.45) is 0 Å². The van der Waals surface area contributed by atoms with Crippen molar-refractivity contribution in [3.8, 4) is 0 Å². The topological polar surface area (TPSA) is 116 Å². The maximum Gasteiger partial charge on any atom is 1.00 e. The Kier molecular flexibility index (Phi) is 59.1. The van der Waals surface area contributed by atoms with E-state index in [4.69, 9.17) is 26.1 Å². The van der Waals surface area contributed by atoms with Gasteiger partial charge in [-0.05, 0) is 0 Å². The van der Waals surface area contributed by atoms with Crippen LogP contribution in [0.2, 0.25) is 0 Å². The normalized spacial score (nSPS) is 3.56. The summed E-state index contributed by atoms with van der Waals surface area (Å²) in [6, 6.07) is 0. The van der Waals surface area contributed by atoms with Crippen LogP contribution in [0.4, 0.5) is 4.79 Å². The molecule has 0 aliphatic rings. The van der Waals surface area contributed by atoms with Gasteiger partial charge in [0.05, 0.1) is 0 Å². The average Bonchev–Trinajstić information content (AvgIpc) is 1.33. The molecule has 0 radical (unpaired) electrons. The van der Waals surface area contributed by atoms with E-state index in [9.17, 15) is 0 Å². The number of hydrogen-bond donors (Lipinski definition) is 2. The summed E-state index contributed by atoms with van der Waals surface area (Å²) in [5.74, 6) is 0. The van der Waals surface area contributed by atoms with Crippen LogP contribution in [0.5, 0.6) is 0 Å². The molecule has 8 heteroatoms. The number of nitrogens with zero attached hydrogens (tertiary/aromatic N) is 3. The van der Waals surface area contributed by atoms with Gasteiger partial charge in [0.2, 0.25) is 0 Å². The summed E-state index contributed by atoms with van der Waals surface area (Å²) >= 11 is 0. The number of rotatable bonds is 0. The van der Waals surface area contributed by atoms with Gasteiger partial charge in [0, 0.05) is 0 Å². The second kappa shape index (κ2) is 23.5. The van der Waals surface area contributed by atoms with Gasteiger partial charge in [-0.15, -0.1) is 0 Å². The van der Waals surface area contributed by atoms with Crippen molar-refractivity contribution in [3.05, 3.63) is 16.0 Å². The molecule has 40 valence electrons. The van der Waals surface area contributed by atoms with E-state index in [1.165, 1.54) is 4.91 Å². The molecule has 0 atom stereocenters. The second-order valence-electron chi connectivity index (χ2n) is 0.372. The first-order valence-electron chi connectivity index (χ1n) is 1.05. The molecular weight excluding hydrogens is 148 g/mol. The van der Waals surface area contributed by atoms with Crippen LogP contribution in [0.3, 0.4) is 0 Å². The molecular formula is CH2N3Na2O3+. The Morgan fingerprint density at radius 2 is 1.22 bits per heavy atom. The zero-order valence-electron chi connectivity index (χ0n) is 5.14. The van der Waals surface area contributed by atoms with Gasteiger partial charge in [0.1, 0.15) is 0 Å². The summed E-state index contributed by atoms with van der Waals surface area (Å²) in [4.78, 5) is 10.1. The molecule has 0 rings (SSSR count). The predicted octanol–water partition coefficient (Wildman–Crippen LogP) is -4.90. The molecule has 0 aliphatic heterocycles. The monoisotopic (exact) mass is 150 g/mol. The van der Waals surface area contributed by atoms with Crippen molar-refractivity contribution >= 4 is 6.16 Å². The van der Waals surface area contributed by atoms with Gasteiger partial charge in [-0.1, -0.05) is 0 Å². The molecule has 0 unspecified atom stereocenters. The van der Waals surface area contributed by atoms with Crippen LogP contribution in [0.15, 0.2) is 0 Å². The van der Waals surface area contributed by atoms with Crippen LogP contribution >= 0.6 is 0 Å². The van der Waals surface area contributed by atoms with Crippen molar-refractivity contribution in [2.45, 2.75) is 0 Å². The summed E-state index contributed by atoms with van der Waals surface area (Å²) in [7, 11) is 0. The quantitative estimate of drug-likeness (QED) is 0.156. The van der Waals surface area contributed by atoms with Gasteiger partial charge in [0.25, 0.3) is 0 Å². The van der Waals surface area contributed by atoms with E-state index in [1.54, 1.807) is 0 Å². The minimum atomic E-state index is -1.83. The SMILES string of the molecule is O=C(O)O.[N-]=[N+]=[N-].[Na+].[Na+]. The van der Waals surface area contributed by atoms with Crippen molar-refractivity contribution in [2.75, 3.05) is 0 Å². The molecule has 0 fully saturated rings. The number of carbonyl (C=O) groups is 1. The van der Waals surface area contributed by atoms with Crippen LogP contribution < -0.4 is 59.1 Å². The third-order valence-corrected chi connectivity index (χ3v) is 0. The summed E-state index contributed by atoms with van der Waals surface area (Å²) in [6.07, 6.45) is -1.83. The van der Waals surface area contributed by atoms with Gasteiger partial charge in [-0.3, -0.25) is 4.91 Å². The Balaban J connectivity index is -0.0000000233. The summed E-state index contributed by atoms with van der Waals surface area (Å²) in [5, 5.41) is 13.9. The van der Waals surface area contributed by atoms with Crippen molar-refractivity contribution in [3.63, 3.8) is 0 Å². The molecule has 0 heterocycles. The molecule has 6 nitrogen and oxygen atoms in total. The molecule has 0 aromatic heterocycles. The molecule has 0 bridgehead atoms. The maximum atomic E-state index is 8.56. The Bertz CT molecular complexity index is 85.1. The van der Waals surface area contributed by atoms with E-state index < -0.39 is 6.16 Å². The first-order valence-corrected chi connectivity index (χ1v) is 1.05. The van der Waals surface area contributed by atoms with E-state index in [0.29, 0.717) is 0 Å². The molecule has 2 N–H and O–H groups in total. The molecule has 0 aliphatic carbocycles. The van der Waals surface area contributed by atoms with Gasteiger partial charge >= 0.3 is 65.3 Å². The van der Waals surface area contributed by atoms with Gasteiger partial charge in [-0.25, -0.2) is 4.79 Å². The molecule has 9 heavy (non-hydrogen) atoms. The van der Waals surface area contributed by atoms with Gasteiger partial charge in [-0.2, -0.15) is 0 Å². The minimum absolute atomic E-state index is 0. The third kappa shape index (κ3) is 1100. The second-order valence-corrected chi connectivity index (χ2v) is 0.372. The molecule has 0 aromatic carbocycles. The van der Waals surface area contributed by atoms with Crippen LogP contribution in [0, 0.1) is 0 Å². The Morgan fingerprint density at radius 3 is 1.22 bits per heavy atom. The van der Waals surface area contributed by atoms with E-state index >= 15 is 0 Å². The van der Waals surface area contributed by atoms with Crippen LogP contribution in [-0.4, -0.2) is 16.4 Å². The van der Waals surface area contributed by atoms with E-state index in [0.717, 1.165) is 0 Å². The van der Waals surface area contributed by atoms with E-state index in [1.807, 2.05) is 0 Å². The summed E-state index contributed by atoms with van der Waals surface area (Å²) < 4.78 is 0. The van der Waals surface area contributed by atoms with Crippen molar-refractivity contribution in [1.82, 2.24) is 0 Å². The zero-order chi connectivity index (χ0) is 6.28. The zero-order valence-corrected chi connectivity index (χ0v) is 9.14.